The van der Waals surface area contributed by atoms with Crippen LogP contribution >= 0.6 is 0 Å². The first-order valence-corrected chi connectivity index (χ1v) is 10.7. The van der Waals surface area contributed by atoms with Gasteiger partial charge < -0.3 is 19.7 Å². The summed E-state index contributed by atoms with van der Waals surface area (Å²) >= 11 is 0. The van der Waals surface area contributed by atoms with Crippen LogP contribution in [-0.4, -0.2) is 63.8 Å². The van der Waals surface area contributed by atoms with E-state index in [0.717, 1.165) is 18.2 Å². The van der Waals surface area contributed by atoms with E-state index in [2.05, 4.69) is 30.5 Å². The van der Waals surface area contributed by atoms with Crippen LogP contribution in [0, 0.1) is 11.6 Å². The van der Waals surface area contributed by atoms with E-state index in [1.807, 2.05) is 0 Å². The number of halogens is 2. The smallest absolute Gasteiger partial charge is 0.291 e. The second kappa shape index (κ2) is 9.17. The maximum absolute atomic E-state index is 13.4. The van der Waals surface area contributed by atoms with Crippen LogP contribution in [0.1, 0.15) is 22.0 Å². The predicted octanol–water partition coefficient (Wildman–Crippen LogP) is 1.78. The highest BCUT2D eigenvalue weighted by Crippen LogP contribution is 2.36. The lowest BCUT2D eigenvalue weighted by atomic mass is 10.1. The molecule has 2 aromatic carbocycles. The third-order valence-electron chi connectivity index (χ3n) is 5.60. The molecule has 1 aliphatic heterocycles. The van der Waals surface area contributed by atoms with Crippen molar-refractivity contribution >= 4 is 28.4 Å². The number of carbonyl (C=O) groups is 2. The van der Waals surface area contributed by atoms with Crippen molar-refractivity contribution in [3.63, 3.8) is 0 Å². The van der Waals surface area contributed by atoms with Crippen LogP contribution in [0.25, 0.3) is 10.9 Å². The summed E-state index contributed by atoms with van der Waals surface area (Å²) in [5.74, 6) is -1.86. The van der Waals surface area contributed by atoms with E-state index in [-0.39, 0.29) is 24.7 Å². The number of likely N-dealkylation sites (N-methyl/N-ethyl adjacent to an activating group) is 1. The summed E-state index contributed by atoms with van der Waals surface area (Å²) in [4.78, 5) is 39.6. The topological polar surface area (TPSA) is 135 Å². The van der Waals surface area contributed by atoms with Gasteiger partial charge in [-0.25, -0.2) is 23.7 Å². The van der Waals surface area contributed by atoms with Crippen LogP contribution in [-0.2, 0) is 11.2 Å². The third kappa shape index (κ3) is 4.37. The SMILES string of the molecule is COc1ncnc2cc3c(cc12)N(C)C(=O)C(NC(=O)c1n[nH]c(Cc2cc(F)cc(F)c2)n1)CO3. The maximum atomic E-state index is 13.4. The number of ether oxygens (including phenoxy) is 2. The van der Waals surface area contributed by atoms with Gasteiger partial charge in [-0.3, -0.25) is 14.7 Å². The second-order valence-corrected chi connectivity index (χ2v) is 8.01. The summed E-state index contributed by atoms with van der Waals surface area (Å²) in [5, 5.41) is 9.59. The fourth-order valence-electron chi connectivity index (χ4n) is 3.89. The zero-order valence-corrected chi connectivity index (χ0v) is 19.1. The Morgan fingerprint density at radius 1 is 1.22 bits per heavy atom. The molecule has 5 rings (SSSR count). The lowest BCUT2D eigenvalue weighted by Crippen LogP contribution is -2.49. The highest BCUT2D eigenvalue weighted by molar-refractivity contribution is 6.04. The van der Waals surface area contributed by atoms with Gasteiger partial charge in [0.1, 0.15) is 42.2 Å². The minimum Gasteiger partial charge on any atom is -0.489 e. The van der Waals surface area contributed by atoms with Crippen LogP contribution in [0.4, 0.5) is 14.5 Å². The monoisotopic (exact) mass is 495 g/mol. The van der Waals surface area contributed by atoms with Crippen LogP contribution in [0.2, 0.25) is 0 Å². The van der Waals surface area contributed by atoms with Gasteiger partial charge in [-0.05, 0) is 23.8 Å². The van der Waals surface area contributed by atoms with E-state index in [0.29, 0.717) is 33.8 Å². The third-order valence-corrected chi connectivity index (χ3v) is 5.60. The van der Waals surface area contributed by atoms with E-state index < -0.39 is 29.5 Å². The summed E-state index contributed by atoms with van der Waals surface area (Å²) in [5.41, 5.74) is 1.34. The Bertz CT molecular complexity index is 1470. The number of benzene rings is 2. The highest BCUT2D eigenvalue weighted by atomic mass is 19.1. The molecule has 1 aliphatic rings. The molecule has 0 saturated heterocycles. The van der Waals surface area contributed by atoms with Crippen LogP contribution < -0.4 is 19.7 Å². The molecule has 36 heavy (non-hydrogen) atoms. The number of nitrogens with one attached hydrogen (secondary N) is 2. The molecule has 3 heterocycles. The molecule has 11 nitrogen and oxygen atoms in total. The van der Waals surface area contributed by atoms with E-state index in [9.17, 15) is 18.4 Å². The lowest BCUT2D eigenvalue weighted by Gasteiger charge is -2.20. The largest absolute Gasteiger partial charge is 0.489 e. The number of amides is 2. The van der Waals surface area contributed by atoms with Crippen molar-refractivity contribution in [2.24, 2.45) is 0 Å². The van der Waals surface area contributed by atoms with E-state index >= 15 is 0 Å². The fraction of sp³-hybridized carbons (Fsp3) is 0.217. The van der Waals surface area contributed by atoms with Crippen molar-refractivity contribution < 1.29 is 27.8 Å². The van der Waals surface area contributed by atoms with Crippen LogP contribution in [0.5, 0.6) is 11.6 Å². The molecule has 2 aromatic heterocycles. The van der Waals surface area contributed by atoms with E-state index in [4.69, 9.17) is 9.47 Å². The van der Waals surface area contributed by atoms with Crippen molar-refractivity contribution in [1.29, 1.82) is 0 Å². The number of hydrogen-bond donors (Lipinski definition) is 2. The number of hydrogen-bond acceptors (Lipinski definition) is 8. The Labute approximate surface area is 202 Å². The quantitative estimate of drug-likeness (QED) is 0.428. The van der Waals surface area contributed by atoms with Crippen molar-refractivity contribution in [2.45, 2.75) is 12.5 Å². The summed E-state index contributed by atoms with van der Waals surface area (Å²) in [6.45, 7) is -0.143. The molecular formula is C23H19F2N7O4. The van der Waals surface area contributed by atoms with Crippen molar-refractivity contribution in [3.8, 4) is 11.6 Å². The molecular weight excluding hydrogens is 476 g/mol. The summed E-state index contributed by atoms with van der Waals surface area (Å²) < 4.78 is 38.0. The Hall–Kier alpha value is -4.68. The van der Waals surface area contributed by atoms with Gasteiger partial charge in [-0.15, -0.1) is 5.10 Å². The Morgan fingerprint density at radius 2 is 2.00 bits per heavy atom. The van der Waals surface area contributed by atoms with Gasteiger partial charge in [0.15, 0.2) is 0 Å². The molecule has 0 saturated carbocycles. The first-order valence-electron chi connectivity index (χ1n) is 10.7. The fourth-order valence-corrected chi connectivity index (χ4v) is 3.89. The standard InChI is InChI=1S/C23H19F2N7O4/c1-32-17-7-14-15(26-10-27-22(14)35-2)8-18(17)36-9-16(23(32)34)28-21(33)20-29-19(30-31-20)5-11-3-12(24)6-13(25)4-11/h3-4,6-8,10,16H,5,9H2,1-2H3,(H,28,33)(H,29,30,31). The number of rotatable bonds is 5. The molecule has 2 N–H and O–H groups in total. The molecule has 0 spiro atoms. The molecule has 1 unspecified atom stereocenters. The summed E-state index contributed by atoms with van der Waals surface area (Å²) in [6.07, 6.45) is 1.39. The van der Waals surface area contributed by atoms with Gasteiger partial charge in [0.05, 0.1) is 23.7 Å². The van der Waals surface area contributed by atoms with Gasteiger partial charge in [0, 0.05) is 25.6 Å². The minimum atomic E-state index is -1.04. The number of H-pyrrole nitrogens is 1. The average Bonchev–Trinajstić information content (AvgIpc) is 3.28. The number of anilines is 1. The molecule has 0 bridgehead atoms. The zero-order valence-electron chi connectivity index (χ0n) is 19.1. The Kier molecular flexibility index (Phi) is 5.88. The van der Waals surface area contributed by atoms with Crippen molar-refractivity contribution in [1.82, 2.24) is 30.5 Å². The van der Waals surface area contributed by atoms with Gasteiger partial charge in [0.25, 0.3) is 11.8 Å². The number of carbonyl (C=O) groups excluding carboxylic acids is 2. The maximum Gasteiger partial charge on any atom is 0.291 e. The van der Waals surface area contributed by atoms with Gasteiger partial charge in [-0.1, -0.05) is 0 Å². The first kappa shape index (κ1) is 23.1. The molecule has 0 fully saturated rings. The van der Waals surface area contributed by atoms with Gasteiger partial charge >= 0.3 is 0 Å². The number of fused-ring (bicyclic) bond motifs is 2. The Morgan fingerprint density at radius 3 is 2.75 bits per heavy atom. The highest BCUT2D eigenvalue weighted by Gasteiger charge is 2.32. The van der Waals surface area contributed by atoms with Crippen molar-refractivity contribution in [2.75, 3.05) is 25.7 Å². The average molecular weight is 495 g/mol. The predicted molar refractivity (Wildman–Crippen MR) is 122 cm³/mol. The molecule has 13 heteroatoms. The molecule has 4 aromatic rings. The van der Waals surface area contributed by atoms with Crippen molar-refractivity contribution in [3.05, 3.63) is 65.5 Å². The summed E-state index contributed by atoms with van der Waals surface area (Å²) in [7, 11) is 3.04. The Balaban J connectivity index is 1.33. The lowest BCUT2D eigenvalue weighted by molar-refractivity contribution is -0.120. The normalized spacial score (nSPS) is 15.3. The number of aromatic nitrogens is 5. The molecule has 0 aliphatic carbocycles. The minimum absolute atomic E-state index is 0.0262. The van der Waals surface area contributed by atoms with E-state index in [1.54, 1.807) is 19.2 Å². The second-order valence-electron chi connectivity index (χ2n) is 8.01. The van der Waals surface area contributed by atoms with Gasteiger partial charge in [-0.2, -0.15) is 0 Å². The first-order chi connectivity index (χ1) is 17.3. The zero-order chi connectivity index (χ0) is 25.4. The number of nitrogens with zero attached hydrogens (tertiary/aromatic N) is 5. The van der Waals surface area contributed by atoms with Crippen LogP contribution in [0.3, 0.4) is 0 Å². The number of aromatic amines is 1. The van der Waals surface area contributed by atoms with Gasteiger partial charge in [0.2, 0.25) is 11.7 Å². The molecule has 184 valence electrons. The van der Waals surface area contributed by atoms with E-state index in [1.165, 1.54) is 18.3 Å². The summed E-state index contributed by atoms with van der Waals surface area (Å²) in [6, 6.07) is 5.39. The number of methoxy groups -OCH3 is 1. The molecule has 1 atom stereocenters. The molecule has 2 amide bonds. The molecule has 0 radical (unpaired) electrons. The van der Waals surface area contributed by atoms with Crippen LogP contribution in [0.15, 0.2) is 36.7 Å².